The average molecular weight is 354 g/mol. The number of hydrogen-bond acceptors (Lipinski definition) is 3. The zero-order valence-electron chi connectivity index (χ0n) is 13.7. The summed E-state index contributed by atoms with van der Waals surface area (Å²) in [6.45, 7) is 7.71. The molecule has 2 rings (SSSR count). The Bertz CT molecular complexity index is 453. The maximum Gasteiger partial charge on any atom is 0.0415 e. The first-order chi connectivity index (χ1) is 10.0. The van der Waals surface area contributed by atoms with E-state index in [1.54, 1.807) is 0 Å². The van der Waals surface area contributed by atoms with Crippen molar-refractivity contribution in [2.75, 3.05) is 38.6 Å². The van der Waals surface area contributed by atoms with Gasteiger partial charge in [0.25, 0.3) is 0 Å². The van der Waals surface area contributed by atoms with Gasteiger partial charge in [0.2, 0.25) is 0 Å². The standard InChI is InChI=1S/C17H28BrN3/c1-5-19-13(2)16-12-14(18)6-7-17(16)21-10-8-15(9-11-21)20(3)4/h6-7,12-13,15,19H,5,8-11H2,1-4H3. The minimum Gasteiger partial charge on any atom is -0.371 e. The number of nitrogens with zero attached hydrogens (tertiary/aromatic N) is 2. The number of anilines is 1. The molecule has 1 atom stereocenters. The second-order valence-electron chi connectivity index (χ2n) is 6.16. The van der Waals surface area contributed by atoms with Gasteiger partial charge in [-0.05, 0) is 64.2 Å². The zero-order valence-corrected chi connectivity index (χ0v) is 15.3. The van der Waals surface area contributed by atoms with E-state index in [1.165, 1.54) is 24.1 Å². The van der Waals surface area contributed by atoms with Gasteiger partial charge in [0.1, 0.15) is 0 Å². The van der Waals surface area contributed by atoms with E-state index >= 15 is 0 Å². The molecule has 1 aromatic rings. The summed E-state index contributed by atoms with van der Waals surface area (Å²) in [7, 11) is 4.39. The van der Waals surface area contributed by atoms with Crippen LogP contribution in [0.25, 0.3) is 0 Å². The predicted molar refractivity (Wildman–Crippen MR) is 95.2 cm³/mol. The van der Waals surface area contributed by atoms with Gasteiger partial charge in [-0.2, -0.15) is 0 Å². The van der Waals surface area contributed by atoms with Crippen LogP contribution in [0.4, 0.5) is 5.69 Å². The van der Waals surface area contributed by atoms with Gasteiger partial charge in [-0.1, -0.05) is 22.9 Å². The fraction of sp³-hybridized carbons (Fsp3) is 0.647. The van der Waals surface area contributed by atoms with Crippen LogP contribution in [0.15, 0.2) is 22.7 Å². The summed E-state index contributed by atoms with van der Waals surface area (Å²) in [4.78, 5) is 4.91. The molecule has 1 fully saturated rings. The molecule has 0 spiro atoms. The van der Waals surface area contributed by atoms with Crippen LogP contribution in [0, 0.1) is 0 Å². The molecule has 1 aliphatic heterocycles. The minimum absolute atomic E-state index is 0.383. The molecule has 118 valence electrons. The number of rotatable bonds is 5. The summed E-state index contributed by atoms with van der Waals surface area (Å²) in [5.74, 6) is 0. The molecule has 0 bridgehead atoms. The lowest BCUT2D eigenvalue weighted by Crippen LogP contribution is -2.42. The highest BCUT2D eigenvalue weighted by molar-refractivity contribution is 9.10. The Hall–Kier alpha value is -0.580. The van der Waals surface area contributed by atoms with Gasteiger partial charge in [-0.15, -0.1) is 0 Å². The Morgan fingerprint density at radius 3 is 2.57 bits per heavy atom. The number of hydrogen-bond donors (Lipinski definition) is 1. The van der Waals surface area contributed by atoms with E-state index < -0.39 is 0 Å². The monoisotopic (exact) mass is 353 g/mol. The Labute approximate surface area is 137 Å². The van der Waals surface area contributed by atoms with Crippen LogP contribution in [0.5, 0.6) is 0 Å². The first kappa shape index (κ1) is 16.8. The van der Waals surface area contributed by atoms with Crippen molar-refractivity contribution in [3.8, 4) is 0 Å². The molecule has 0 saturated carbocycles. The Balaban J connectivity index is 2.16. The lowest BCUT2D eigenvalue weighted by molar-refractivity contribution is 0.249. The van der Waals surface area contributed by atoms with Gasteiger partial charge in [0.05, 0.1) is 0 Å². The van der Waals surface area contributed by atoms with E-state index in [0.717, 1.165) is 30.1 Å². The fourth-order valence-electron chi connectivity index (χ4n) is 3.20. The van der Waals surface area contributed by atoms with E-state index in [4.69, 9.17) is 0 Å². The molecule has 1 aliphatic rings. The smallest absolute Gasteiger partial charge is 0.0415 e. The summed E-state index contributed by atoms with van der Waals surface area (Å²) >= 11 is 3.62. The molecule has 0 amide bonds. The maximum absolute atomic E-state index is 3.62. The molecule has 1 aromatic carbocycles. The van der Waals surface area contributed by atoms with Gasteiger partial charge in [-0.3, -0.25) is 0 Å². The first-order valence-corrected chi connectivity index (χ1v) is 8.76. The van der Waals surface area contributed by atoms with Crippen molar-refractivity contribution < 1.29 is 0 Å². The Morgan fingerprint density at radius 1 is 1.33 bits per heavy atom. The van der Waals surface area contributed by atoms with Crippen molar-refractivity contribution in [3.05, 3.63) is 28.2 Å². The van der Waals surface area contributed by atoms with Crippen LogP contribution >= 0.6 is 15.9 Å². The van der Waals surface area contributed by atoms with Crippen LogP contribution in [-0.4, -0.2) is 44.7 Å². The molecule has 4 heteroatoms. The summed E-state index contributed by atoms with van der Waals surface area (Å²) < 4.78 is 1.16. The van der Waals surface area contributed by atoms with Crippen molar-refractivity contribution in [3.63, 3.8) is 0 Å². The van der Waals surface area contributed by atoms with Crippen LogP contribution < -0.4 is 10.2 Å². The normalized spacial score (nSPS) is 18.3. The summed E-state index contributed by atoms with van der Waals surface area (Å²) in [6.07, 6.45) is 2.50. The Kier molecular flexibility index (Phi) is 6.08. The van der Waals surface area contributed by atoms with Crippen molar-refractivity contribution in [2.45, 2.75) is 38.8 Å². The highest BCUT2D eigenvalue weighted by Crippen LogP contribution is 2.31. The topological polar surface area (TPSA) is 18.5 Å². The Morgan fingerprint density at radius 2 is 2.00 bits per heavy atom. The molecular formula is C17H28BrN3. The number of halogens is 1. The fourth-order valence-corrected chi connectivity index (χ4v) is 3.58. The SMILES string of the molecule is CCNC(C)c1cc(Br)ccc1N1CCC(N(C)C)CC1. The third-order valence-electron chi connectivity index (χ3n) is 4.50. The third kappa shape index (κ3) is 4.21. The van der Waals surface area contributed by atoms with Crippen molar-refractivity contribution in [2.24, 2.45) is 0 Å². The van der Waals surface area contributed by atoms with Crippen molar-refractivity contribution in [1.82, 2.24) is 10.2 Å². The summed E-state index contributed by atoms with van der Waals surface area (Å²) in [5, 5.41) is 3.54. The highest BCUT2D eigenvalue weighted by Gasteiger charge is 2.23. The third-order valence-corrected chi connectivity index (χ3v) is 5.00. The second-order valence-corrected chi connectivity index (χ2v) is 7.08. The number of piperidine rings is 1. The summed E-state index contributed by atoms with van der Waals surface area (Å²) in [6, 6.07) is 7.81. The largest absolute Gasteiger partial charge is 0.371 e. The zero-order chi connectivity index (χ0) is 15.4. The van der Waals surface area contributed by atoms with Crippen LogP contribution in [-0.2, 0) is 0 Å². The molecule has 1 N–H and O–H groups in total. The van der Waals surface area contributed by atoms with Gasteiger partial charge in [0.15, 0.2) is 0 Å². The second kappa shape index (κ2) is 7.61. The lowest BCUT2D eigenvalue weighted by atomic mass is 10.00. The van der Waals surface area contributed by atoms with Crippen LogP contribution in [0.1, 0.15) is 38.3 Å². The lowest BCUT2D eigenvalue weighted by Gasteiger charge is -2.38. The maximum atomic E-state index is 3.62. The number of nitrogens with one attached hydrogen (secondary N) is 1. The van der Waals surface area contributed by atoms with E-state index in [1.807, 2.05) is 0 Å². The van der Waals surface area contributed by atoms with E-state index in [9.17, 15) is 0 Å². The predicted octanol–water partition coefficient (Wildman–Crippen LogP) is 3.65. The molecule has 21 heavy (non-hydrogen) atoms. The van der Waals surface area contributed by atoms with Gasteiger partial charge in [-0.25, -0.2) is 0 Å². The van der Waals surface area contributed by atoms with Crippen molar-refractivity contribution in [1.29, 1.82) is 0 Å². The first-order valence-electron chi connectivity index (χ1n) is 7.97. The number of benzene rings is 1. The molecule has 0 aromatic heterocycles. The van der Waals surface area contributed by atoms with E-state index in [-0.39, 0.29) is 0 Å². The quantitative estimate of drug-likeness (QED) is 0.871. The molecule has 1 unspecified atom stereocenters. The molecule has 0 radical (unpaired) electrons. The minimum atomic E-state index is 0.383. The van der Waals surface area contributed by atoms with Crippen LogP contribution in [0.2, 0.25) is 0 Å². The van der Waals surface area contributed by atoms with Gasteiger partial charge >= 0.3 is 0 Å². The van der Waals surface area contributed by atoms with Gasteiger partial charge in [0, 0.05) is 35.3 Å². The molecule has 3 nitrogen and oxygen atoms in total. The van der Waals surface area contributed by atoms with Gasteiger partial charge < -0.3 is 15.1 Å². The molecule has 1 saturated heterocycles. The highest BCUT2D eigenvalue weighted by atomic mass is 79.9. The molecule has 0 aliphatic carbocycles. The molecule has 1 heterocycles. The van der Waals surface area contributed by atoms with Crippen LogP contribution in [0.3, 0.4) is 0 Å². The van der Waals surface area contributed by atoms with Crippen molar-refractivity contribution >= 4 is 21.6 Å². The molecular weight excluding hydrogens is 326 g/mol. The van der Waals surface area contributed by atoms with E-state index in [0.29, 0.717) is 6.04 Å². The average Bonchev–Trinajstić information content (AvgIpc) is 2.47. The van der Waals surface area contributed by atoms with E-state index in [2.05, 4.69) is 77.2 Å². The summed E-state index contributed by atoms with van der Waals surface area (Å²) in [5.41, 5.74) is 2.79.